The Morgan fingerprint density at radius 3 is 2.52 bits per heavy atom. The van der Waals surface area contributed by atoms with Crippen molar-refractivity contribution in [1.29, 1.82) is 5.26 Å². The number of methoxy groups -OCH3 is 2. The van der Waals surface area contributed by atoms with Crippen LogP contribution in [0.25, 0.3) is 0 Å². The van der Waals surface area contributed by atoms with Crippen molar-refractivity contribution < 1.29 is 18.7 Å². The summed E-state index contributed by atoms with van der Waals surface area (Å²) in [6, 6.07) is 12.5. The molecule has 2 aromatic carbocycles. The minimum absolute atomic E-state index is 0.161. The van der Waals surface area contributed by atoms with Gasteiger partial charge in [0.2, 0.25) is 0 Å². The third-order valence-electron chi connectivity index (χ3n) is 3.25. The third-order valence-corrected chi connectivity index (χ3v) is 3.25. The summed E-state index contributed by atoms with van der Waals surface area (Å²) in [5, 5.41) is 14.3. The Balaban J connectivity index is 2.14. The van der Waals surface area contributed by atoms with Crippen LogP contribution in [0.1, 0.15) is 0 Å². The van der Waals surface area contributed by atoms with Gasteiger partial charge in [-0.25, -0.2) is 4.39 Å². The first-order chi connectivity index (χ1) is 12.1. The van der Waals surface area contributed by atoms with E-state index in [-0.39, 0.29) is 11.3 Å². The van der Waals surface area contributed by atoms with E-state index in [1.54, 1.807) is 36.4 Å². The van der Waals surface area contributed by atoms with Gasteiger partial charge in [-0.15, -0.1) is 0 Å². The average Bonchev–Trinajstić information content (AvgIpc) is 2.63. The van der Waals surface area contributed by atoms with E-state index in [0.717, 1.165) is 6.20 Å². The van der Waals surface area contributed by atoms with Crippen LogP contribution in [-0.4, -0.2) is 20.1 Å². The van der Waals surface area contributed by atoms with Gasteiger partial charge in [-0.3, -0.25) is 4.79 Å². The van der Waals surface area contributed by atoms with E-state index in [2.05, 4.69) is 10.6 Å². The molecule has 0 radical (unpaired) electrons. The van der Waals surface area contributed by atoms with Gasteiger partial charge in [0.25, 0.3) is 5.91 Å². The first-order valence-electron chi connectivity index (χ1n) is 7.23. The predicted molar refractivity (Wildman–Crippen MR) is 91.9 cm³/mol. The minimum atomic E-state index is -0.640. The van der Waals surface area contributed by atoms with Crippen LogP contribution in [0.4, 0.5) is 15.8 Å². The molecule has 0 bridgehead atoms. The lowest BCUT2D eigenvalue weighted by atomic mass is 10.2. The largest absolute Gasteiger partial charge is 0.493 e. The Bertz CT molecular complexity index is 844. The van der Waals surface area contributed by atoms with Gasteiger partial charge in [-0.2, -0.15) is 5.26 Å². The Morgan fingerprint density at radius 1 is 1.16 bits per heavy atom. The topological polar surface area (TPSA) is 83.4 Å². The van der Waals surface area contributed by atoms with E-state index in [9.17, 15) is 9.18 Å². The van der Waals surface area contributed by atoms with E-state index in [0.29, 0.717) is 17.2 Å². The molecule has 2 aromatic rings. The summed E-state index contributed by atoms with van der Waals surface area (Å²) in [6.45, 7) is 0. The molecule has 0 aromatic heterocycles. The van der Waals surface area contributed by atoms with Crippen LogP contribution in [-0.2, 0) is 4.79 Å². The number of carbonyl (C=O) groups excluding carboxylic acids is 1. The van der Waals surface area contributed by atoms with E-state index in [4.69, 9.17) is 14.7 Å². The standard InChI is InChI=1S/C18H16FN3O3/c1-24-16-8-7-13(9-17(16)25-2)22-18(23)12(10-20)11-21-15-6-4-3-5-14(15)19/h3-9,11,21H,1-2H3,(H,22,23)/b12-11-. The van der Waals surface area contributed by atoms with E-state index in [1.807, 2.05) is 0 Å². The molecule has 2 rings (SSSR count). The maximum absolute atomic E-state index is 13.5. The van der Waals surface area contributed by atoms with E-state index >= 15 is 0 Å². The zero-order chi connectivity index (χ0) is 18.2. The molecule has 0 fully saturated rings. The van der Waals surface area contributed by atoms with Gasteiger partial charge in [0.15, 0.2) is 11.5 Å². The number of rotatable bonds is 6. The molecule has 7 heteroatoms. The van der Waals surface area contributed by atoms with Crippen LogP contribution < -0.4 is 20.1 Å². The molecule has 6 nitrogen and oxygen atoms in total. The van der Waals surface area contributed by atoms with Crippen LogP contribution in [0.3, 0.4) is 0 Å². The second-order valence-electron chi connectivity index (χ2n) is 4.82. The third kappa shape index (κ3) is 4.48. The van der Waals surface area contributed by atoms with Crippen molar-refractivity contribution in [3.63, 3.8) is 0 Å². The molecule has 0 unspecified atom stereocenters. The molecule has 0 saturated carbocycles. The molecule has 0 heterocycles. The first kappa shape index (κ1) is 17.8. The number of benzene rings is 2. The van der Waals surface area contributed by atoms with Gasteiger partial charge in [-0.05, 0) is 24.3 Å². The molecule has 0 aliphatic heterocycles. The summed E-state index contributed by atoms with van der Waals surface area (Å²) in [5.41, 5.74) is 0.377. The molecule has 2 N–H and O–H groups in total. The molecular formula is C18H16FN3O3. The van der Waals surface area contributed by atoms with Crippen molar-refractivity contribution >= 4 is 17.3 Å². The van der Waals surface area contributed by atoms with Gasteiger partial charge in [-0.1, -0.05) is 12.1 Å². The van der Waals surface area contributed by atoms with E-state index < -0.39 is 11.7 Å². The molecule has 0 aliphatic rings. The quantitative estimate of drug-likeness (QED) is 0.622. The first-order valence-corrected chi connectivity index (χ1v) is 7.23. The Hall–Kier alpha value is -3.53. The smallest absolute Gasteiger partial charge is 0.267 e. The molecule has 0 spiro atoms. The number of para-hydroxylation sites is 1. The molecule has 128 valence electrons. The fourth-order valence-corrected chi connectivity index (χ4v) is 1.99. The number of anilines is 2. The number of nitrogens with one attached hydrogen (secondary N) is 2. The number of nitrogens with zero attached hydrogens (tertiary/aromatic N) is 1. The van der Waals surface area contributed by atoms with Gasteiger partial charge in [0.1, 0.15) is 17.5 Å². The molecular weight excluding hydrogens is 325 g/mol. The predicted octanol–water partition coefficient (Wildman–Crippen LogP) is 3.30. The van der Waals surface area contributed by atoms with Crippen molar-refractivity contribution in [2.24, 2.45) is 0 Å². The number of hydrogen-bond donors (Lipinski definition) is 2. The molecule has 25 heavy (non-hydrogen) atoms. The molecule has 0 saturated heterocycles. The summed E-state index contributed by atoms with van der Waals surface area (Å²) >= 11 is 0. The zero-order valence-corrected chi connectivity index (χ0v) is 13.7. The highest BCUT2D eigenvalue weighted by Gasteiger charge is 2.12. The fraction of sp³-hybridized carbons (Fsp3) is 0.111. The molecule has 0 atom stereocenters. The monoisotopic (exact) mass is 341 g/mol. The van der Waals surface area contributed by atoms with Crippen LogP contribution in [0.15, 0.2) is 54.2 Å². The molecule has 1 amide bonds. The van der Waals surface area contributed by atoms with Crippen molar-refractivity contribution in [3.05, 3.63) is 60.1 Å². The van der Waals surface area contributed by atoms with E-state index in [1.165, 1.54) is 26.4 Å². The number of ether oxygens (including phenoxy) is 2. The van der Waals surface area contributed by atoms with Crippen LogP contribution >= 0.6 is 0 Å². The Morgan fingerprint density at radius 2 is 1.88 bits per heavy atom. The fourth-order valence-electron chi connectivity index (χ4n) is 1.99. The lowest BCUT2D eigenvalue weighted by Crippen LogP contribution is -2.14. The summed E-state index contributed by atoms with van der Waals surface area (Å²) < 4.78 is 23.8. The SMILES string of the molecule is COc1ccc(NC(=O)/C(C#N)=C\Nc2ccccc2F)cc1OC. The number of halogens is 1. The normalized spacial score (nSPS) is 10.6. The second kappa shape index (κ2) is 8.36. The average molecular weight is 341 g/mol. The van der Waals surface area contributed by atoms with Gasteiger partial charge in [0.05, 0.1) is 19.9 Å². The molecule has 0 aliphatic carbocycles. The second-order valence-corrected chi connectivity index (χ2v) is 4.82. The highest BCUT2D eigenvalue weighted by molar-refractivity contribution is 6.06. The van der Waals surface area contributed by atoms with Crippen molar-refractivity contribution in [2.45, 2.75) is 0 Å². The number of hydrogen-bond acceptors (Lipinski definition) is 5. The lowest BCUT2D eigenvalue weighted by molar-refractivity contribution is -0.112. The number of amides is 1. The minimum Gasteiger partial charge on any atom is -0.493 e. The summed E-state index contributed by atoms with van der Waals surface area (Å²) in [4.78, 5) is 12.2. The van der Waals surface area contributed by atoms with Crippen LogP contribution in [0, 0.1) is 17.1 Å². The van der Waals surface area contributed by atoms with Gasteiger partial charge >= 0.3 is 0 Å². The van der Waals surface area contributed by atoms with Gasteiger partial charge < -0.3 is 20.1 Å². The summed E-state index contributed by atoms with van der Waals surface area (Å²) in [7, 11) is 2.98. The zero-order valence-electron chi connectivity index (χ0n) is 13.7. The van der Waals surface area contributed by atoms with Crippen molar-refractivity contribution in [3.8, 4) is 17.6 Å². The van der Waals surface area contributed by atoms with Crippen molar-refractivity contribution in [1.82, 2.24) is 0 Å². The lowest BCUT2D eigenvalue weighted by Gasteiger charge is -2.10. The number of nitriles is 1. The highest BCUT2D eigenvalue weighted by atomic mass is 19.1. The van der Waals surface area contributed by atoms with Crippen molar-refractivity contribution in [2.75, 3.05) is 24.9 Å². The van der Waals surface area contributed by atoms with Crippen LogP contribution in [0.5, 0.6) is 11.5 Å². The highest BCUT2D eigenvalue weighted by Crippen LogP contribution is 2.29. The van der Waals surface area contributed by atoms with Crippen LogP contribution in [0.2, 0.25) is 0 Å². The van der Waals surface area contributed by atoms with Gasteiger partial charge in [0, 0.05) is 18.0 Å². The summed E-state index contributed by atoms with van der Waals surface area (Å²) in [6.07, 6.45) is 1.15. The summed E-state index contributed by atoms with van der Waals surface area (Å²) in [5.74, 6) is -0.181. The maximum atomic E-state index is 13.5. The number of carbonyl (C=O) groups is 1. The maximum Gasteiger partial charge on any atom is 0.267 e. The Labute approximate surface area is 144 Å². The Kier molecular flexibility index (Phi) is 5.96.